The van der Waals surface area contributed by atoms with E-state index in [2.05, 4.69) is 10.6 Å². The number of hydrogen-bond donors (Lipinski definition) is 6. The Hall–Kier alpha value is -8.79. The molecule has 0 aromatic heterocycles. The highest BCUT2D eigenvalue weighted by Gasteiger charge is 2.27. The molecule has 0 fully saturated rings. The third-order valence-corrected chi connectivity index (χ3v) is 11.8. The molecule has 16 heteroatoms. The molecule has 344 valence electrons. The van der Waals surface area contributed by atoms with Crippen LogP contribution in [0.5, 0.6) is 5.75 Å². The van der Waals surface area contributed by atoms with Crippen molar-refractivity contribution in [1.29, 1.82) is 0 Å². The number of fused-ring (bicyclic) bond motifs is 4. The SMILES string of the molecule is CN(C)c1ccc2c(-c3ccc(C(=O)NC(CCCCNC(=O)c4ccc(-c5c6ccc(=O)cc-6oc6cc(O)ccc56)c(C(=O)O)c4)C(=O)O)cc3C(=O)O)c3ccc(=[N+](C)C)cc-3oc2c1. The average Bonchev–Trinajstić information content (AvgIpc) is 3.30. The predicted octanol–water partition coefficient (Wildman–Crippen LogP) is 7.07. The van der Waals surface area contributed by atoms with Crippen LogP contribution in [0, 0.1) is 0 Å². The van der Waals surface area contributed by atoms with Gasteiger partial charge in [-0.3, -0.25) is 14.4 Å². The van der Waals surface area contributed by atoms with Crippen molar-refractivity contribution in [2.24, 2.45) is 0 Å². The summed E-state index contributed by atoms with van der Waals surface area (Å²) in [6.07, 6.45) is 0.524. The van der Waals surface area contributed by atoms with Gasteiger partial charge in [0.05, 0.1) is 17.2 Å². The molecule has 4 aromatic rings. The molecule has 1 unspecified atom stereocenters. The van der Waals surface area contributed by atoms with E-state index in [4.69, 9.17) is 8.83 Å². The number of carboxylic acids is 3. The summed E-state index contributed by atoms with van der Waals surface area (Å²) in [4.78, 5) is 78.8. The molecule has 4 aromatic carbocycles. The maximum absolute atomic E-state index is 13.6. The first-order chi connectivity index (χ1) is 32.5. The van der Waals surface area contributed by atoms with E-state index >= 15 is 0 Å². The number of aromatic carboxylic acids is 2. The molecule has 0 bridgehead atoms. The Morgan fingerprint density at radius 1 is 0.632 bits per heavy atom. The highest BCUT2D eigenvalue weighted by atomic mass is 16.4. The molecule has 2 aliphatic carbocycles. The summed E-state index contributed by atoms with van der Waals surface area (Å²) >= 11 is 0. The van der Waals surface area contributed by atoms with Crippen LogP contribution in [0.1, 0.15) is 60.7 Å². The van der Waals surface area contributed by atoms with E-state index in [9.17, 15) is 49.2 Å². The zero-order chi connectivity index (χ0) is 48.6. The van der Waals surface area contributed by atoms with E-state index in [1.807, 2.05) is 74.1 Å². The van der Waals surface area contributed by atoms with Gasteiger partial charge in [0.25, 0.3) is 11.8 Å². The molecular weight excluding hydrogens is 873 g/mol. The van der Waals surface area contributed by atoms with Crippen LogP contribution in [0.3, 0.4) is 0 Å². The van der Waals surface area contributed by atoms with Gasteiger partial charge in [0, 0.05) is 94.7 Å². The minimum atomic E-state index is -1.35. The fraction of sp³-hybridized carbons (Fsp3) is 0.173. The van der Waals surface area contributed by atoms with Gasteiger partial charge in [-0.25, -0.2) is 19.0 Å². The highest BCUT2D eigenvalue weighted by Crippen LogP contribution is 2.44. The van der Waals surface area contributed by atoms with E-state index < -0.39 is 35.8 Å². The van der Waals surface area contributed by atoms with E-state index in [1.54, 1.807) is 6.07 Å². The minimum Gasteiger partial charge on any atom is -0.508 e. The van der Waals surface area contributed by atoms with Gasteiger partial charge in [-0.15, -0.1) is 0 Å². The second kappa shape index (κ2) is 18.6. The second-order valence-electron chi connectivity index (χ2n) is 16.7. The van der Waals surface area contributed by atoms with Crippen LogP contribution in [-0.4, -0.2) is 90.9 Å². The second-order valence-corrected chi connectivity index (χ2v) is 16.7. The molecule has 6 N–H and O–H groups in total. The van der Waals surface area contributed by atoms with Crippen LogP contribution in [0.2, 0.25) is 0 Å². The number of carbonyl (C=O) groups is 5. The van der Waals surface area contributed by atoms with Gasteiger partial charge >= 0.3 is 17.9 Å². The number of anilines is 1. The Morgan fingerprint density at radius 3 is 1.78 bits per heavy atom. The molecule has 68 heavy (non-hydrogen) atoms. The third-order valence-electron chi connectivity index (χ3n) is 11.8. The summed E-state index contributed by atoms with van der Waals surface area (Å²) in [6.45, 7) is 0.0895. The molecule has 8 rings (SSSR count). The molecule has 1 atom stereocenters. The normalized spacial score (nSPS) is 11.7. The monoisotopic (exact) mass is 917 g/mol. The number of hydrogen-bond acceptors (Lipinski definition) is 10. The van der Waals surface area contributed by atoms with Crippen LogP contribution in [0.15, 0.2) is 123 Å². The van der Waals surface area contributed by atoms with Crippen molar-refractivity contribution in [2.75, 3.05) is 39.6 Å². The standard InChI is InChI=1S/C52H44N4O12/c1-55(2)29-10-16-35-42(23-29)67-43-24-30(56(3)4)11-17-36(43)46(35)34-15-9-28(22-40(34)51(63)64)49(60)54-41(52(65)66)7-5-6-20-53-48(59)27-8-14-33(39(21-27)50(61)62)47-37-18-12-31(57)25-44(37)68-45-26-32(58)13-19-38(45)47/h8-19,21-26,41H,5-7,20H2,1-4H3,(H5-,53,54,57,58,59,60,61,62,63,64,65,66)/p+1. The Balaban J connectivity index is 0.964. The molecule has 0 saturated heterocycles. The topological polar surface area (TPSA) is 240 Å². The van der Waals surface area contributed by atoms with Crippen molar-refractivity contribution < 1.29 is 53.2 Å². The van der Waals surface area contributed by atoms with Crippen LogP contribution < -0.4 is 30.9 Å². The summed E-state index contributed by atoms with van der Waals surface area (Å²) < 4.78 is 14.2. The van der Waals surface area contributed by atoms with Crippen molar-refractivity contribution in [3.05, 3.63) is 147 Å². The van der Waals surface area contributed by atoms with Crippen LogP contribution in [0.4, 0.5) is 5.69 Å². The number of nitrogens with one attached hydrogen (secondary N) is 2. The van der Waals surface area contributed by atoms with E-state index in [1.165, 1.54) is 66.7 Å². The number of phenols is 1. The van der Waals surface area contributed by atoms with Crippen molar-refractivity contribution in [3.8, 4) is 50.7 Å². The van der Waals surface area contributed by atoms with Gasteiger partial charge in [-0.2, -0.15) is 0 Å². The zero-order valence-electron chi connectivity index (χ0n) is 37.2. The molecule has 0 saturated carbocycles. The number of carbonyl (C=O) groups excluding carboxylic acids is 2. The summed E-state index contributed by atoms with van der Waals surface area (Å²) in [6, 6.07) is 26.8. The maximum atomic E-state index is 13.6. The number of rotatable bonds is 14. The molecule has 16 nitrogen and oxygen atoms in total. The van der Waals surface area contributed by atoms with Gasteiger partial charge in [0.15, 0.2) is 5.43 Å². The molecule has 2 amide bonds. The van der Waals surface area contributed by atoms with Crippen LogP contribution in [-0.2, 0) is 4.79 Å². The first-order valence-electron chi connectivity index (χ1n) is 21.4. The smallest absolute Gasteiger partial charge is 0.336 e. The number of unbranched alkanes of at least 4 members (excludes halogenated alkanes) is 1. The number of aliphatic carboxylic acids is 1. The number of aromatic hydroxyl groups is 1. The van der Waals surface area contributed by atoms with Gasteiger partial charge in [0.2, 0.25) is 5.36 Å². The van der Waals surface area contributed by atoms with Crippen molar-refractivity contribution in [1.82, 2.24) is 15.2 Å². The zero-order valence-corrected chi connectivity index (χ0v) is 37.2. The molecule has 4 aliphatic rings. The van der Waals surface area contributed by atoms with E-state index in [0.29, 0.717) is 56.4 Å². The lowest BCUT2D eigenvalue weighted by Gasteiger charge is -2.19. The Morgan fingerprint density at radius 2 is 1.19 bits per heavy atom. The number of carboxylic acid groups (broad SMARTS) is 3. The van der Waals surface area contributed by atoms with Crippen molar-refractivity contribution >= 4 is 57.3 Å². The maximum Gasteiger partial charge on any atom is 0.336 e. The van der Waals surface area contributed by atoms with Gasteiger partial charge in [-0.1, -0.05) is 12.1 Å². The molecule has 2 heterocycles. The van der Waals surface area contributed by atoms with Crippen LogP contribution >= 0.6 is 0 Å². The Bertz CT molecular complexity index is 3440. The molecule has 2 aliphatic heterocycles. The third kappa shape index (κ3) is 9.07. The molecular formula is C52H45N4O12+. The fourth-order valence-corrected chi connectivity index (χ4v) is 8.30. The molecule has 0 spiro atoms. The number of nitrogens with zero attached hydrogens (tertiary/aromatic N) is 2. The van der Waals surface area contributed by atoms with Gasteiger partial charge in [0.1, 0.15) is 48.6 Å². The minimum absolute atomic E-state index is 0.0229. The summed E-state index contributed by atoms with van der Waals surface area (Å²) in [7, 11) is 7.59. The first-order valence-corrected chi connectivity index (χ1v) is 21.4. The van der Waals surface area contributed by atoms with E-state index in [0.717, 1.165) is 11.0 Å². The summed E-state index contributed by atoms with van der Waals surface area (Å²) in [5, 5.41) is 48.2. The quantitative estimate of drug-likeness (QED) is 0.0364. The number of amides is 2. The Labute approximate surface area is 387 Å². The summed E-state index contributed by atoms with van der Waals surface area (Å²) in [5.41, 5.74) is 3.56. The Kier molecular flexibility index (Phi) is 12.5. The number of phenolic OH excluding ortho intramolecular Hbond substituents is 1. The average molecular weight is 918 g/mol. The lowest BCUT2D eigenvalue weighted by Crippen LogP contribution is -2.41. The fourth-order valence-electron chi connectivity index (χ4n) is 8.30. The highest BCUT2D eigenvalue weighted by molar-refractivity contribution is 6.11. The molecule has 0 radical (unpaired) electrons. The van der Waals surface area contributed by atoms with Gasteiger partial charge in [-0.05, 0) is 97.1 Å². The lowest BCUT2D eigenvalue weighted by atomic mass is 9.89. The predicted molar refractivity (Wildman–Crippen MR) is 255 cm³/mol. The van der Waals surface area contributed by atoms with Crippen LogP contribution in [0.25, 0.3) is 66.8 Å². The lowest BCUT2D eigenvalue weighted by molar-refractivity contribution is -0.139. The van der Waals surface area contributed by atoms with Gasteiger partial charge < -0.3 is 44.8 Å². The van der Waals surface area contributed by atoms with Crippen molar-refractivity contribution in [2.45, 2.75) is 25.3 Å². The largest absolute Gasteiger partial charge is 0.508 e. The van der Waals surface area contributed by atoms with Crippen molar-refractivity contribution in [3.63, 3.8) is 0 Å². The number of benzene rings is 6. The van der Waals surface area contributed by atoms with E-state index in [-0.39, 0.29) is 69.7 Å². The summed E-state index contributed by atoms with van der Waals surface area (Å²) in [5.74, 6) is -4.70. The first kappa shape index (κ1) is 45.8.